The maximum absolute atomic E-state index is 4.59. The monoisotopic (exact) mass is 274 g/mol. The highest BCUT2D eigenvalue weighted by Gasteiger charge is 2.07. The summed E-state index contributed by atoms with van der Waals surface area (Å²) in [5.41, 5.74) is 3.54. The van der Waals surface area contributed by atoms with Gasteiger partial charge in [-0.1, -0.05) is 25.1 Å². The number of benzene rings is 1. The molecular weight excluding hydrogens is 252 g/mol. The number of fused-ring (bicyclic) bond motifs is 1. The van der Waals surface area contributed by atoms with Crippen molar-refractivity contribution in [3.05, 3.63) is 41.6 Å². The van der Waals surface area contributed by atoms with Crippen LogP contribution in [0, 0.1) is 6.92 Å². The molecule has 2 rings (SSSR count). The fourth-order valence-corrected chi connectivity index (χ4v) is 3.07. The predicted molar refractivity (Wildman–Crippen MR) is 85.8 cm³/mol. The zero-order valence-corrected chi connectivity index (χ0v) is 12.8. The third kappa shape index (κ3) is 3.71. The summed E-state index contributed by atoms with van der Waals surface area (Å²) in [5.74, 6) is 1.17. The molecule has 1 aromatic heterocycles. The Morgan fingerprint density at radius 2 is 2.11 bits per heavy atom. The van der Waals surface area contributed by atoms with E-state index in [0.717, 1.165) is 17.8 Å². The van der Waals surface area contributed by atoms with E-state index in [4.69, 9.17) is 0 Å². The molecule has 0 bridgehead atoms. The number of aromatic nitrogens is 1. The summed E-state index contributed by atoms with van der Waals surface area (Å²) in [5, 5.41) is 4.92. The summed E-state index contributed by atoms with van der Waals surface area (Å²) in [4.78, 5) is 4.59. The number of nitrogens with one attached hydrogen (secondary N) is 1. The molecule has 1 aromatic carbocycles. The van der Waals surface area contributed by atoms with Crippen LogP contribution in [0.3, 0.4) is 0 Å². The molecule has 1 unspecified atom stereocenters. The van der Waals surface area contributed by atoms with E-state index < -0.39 is 0 Å². The topological polar surface area (TPSA) is 24.9 Å². The molecule has 0 aliphatic rings. The Morgan fingerprint density at radius 1 is 1.32 bits per heavy atom. The zero-order valence-electron chi connectivity index (χ0n) is 11.9. The van der Waals surface area contributed by atoms with Gasteiger partial charge in [0.1, 0.15) is 0 Å². The van der Waals surface area contributed by atoms with Crippen LogP contribution in [-0.4, -0.2) is 23.0 Å². The number of pyridine rings is 1. The predicted octanol–water partition coefficient (Wildman–Crippen LogP) is 3.77. The van der Waals surface area contributed by atoms with Gasteiger partial charge in [-0.25, -0.2) is 0 Å². The molecular formula is C16H22N2S. The number of para-hydroxylation sites is 1. The molecule has 0 saturated carbocycles. The molecule has 2 aromatic rings. The van der Waals surface area contributed by atoms with E-state index >= 15 is 0 Å². The second-order valence-corrected chi connectivity index (χ2v) is 5.79. The highest BCUT2D eigenvalue weighted by molar-refractivity contribution is 7.98. The van der Waals surface area contributed by atoms with Gasteiger partial charge < -0.3 is 5.32 Å². The lowest BCUT2D eigenvalue weighted by molar-refractivity contribution is 0.542. The average molecular weight is 274 g/mol. The van der Waals surface area contributed by atoms with E-state index in [1.165, 1.54) is 23.1 Å². The molecule has 1 heterocycles. The minimum Gasteiger partial charge on any atom is -0.309 e. The van der Waals surface area contributed by atoms with Crippen molar-refractivity contribution in [2.45, 2.75) is 32.9 Å². The summed E-state index contributed by atoms with van der Waals surface area (Å²) in [7, 11) is 0. The summed E-state index contributed by atoms with van der Waals surface area (Å²) >= 11 is 1.90. The van der Waals surface area contributed by atoms with Crippen LogP contribution in [0.4, 0.5) is 0 Å². The quantitative estimate of drug-likeness (QED) is 0.868. The first kappa shape index (κ1) is 14.4. The standard InChI is InChI=1S/C16H22N2S/c1-4-14(11-19-3)17-10-13-9-12(2)18-16-8-6-5-7-15(13)16/h5-9,14,17H,4,10-11H2,1-3H3. The Hall–Kier alpha value is -1.06. The van der Waals surface area contributed by atoms with E-state index in [1.54, 1.807) is 0 Å². The van der Waals surface area contributed by atoms with Gasteiger partial charge in [0.15, 0.2) is 0 Å². The highest BCUT2D eigenvalue weighted by Crippen LogP contribution is 2.18. The molecule has 19 heavy (non-hydrogen) atoms. The summed E-state index contributed by atoms with van der Waals surface area (Å²) in [6.45, 7) is 5.22. The van der Waals surface area contributed by atoms with Crippen molar-refractivity contribution in [1.29, 1.82) is 0 Å². The number of hydrogen-bond acceptors (Lipinski definition) is 3. The van der Waals surface area contributed by atoms with Crippen molar-refractivity contribution in [1.82, 2.24) is 10.3 Å². The fourth-order valence-electron chi connectivity index (χ4n) is 2.32. The van der Waals surface area contributed by atoms with Crippen LogP contribution in [0.15, 0.2) is 30.3 Å². The minimum atomic E-state index is 0.585. The second-order valence-electron chi connectivity index (χ2n) is 4.88. The Balaban J connectivity index is 2.20. The number of thioether (sulfide) groups is 1. The Bertz CT molecular complexity index is 539. The number of nitrogens with zero attached hydrogens (tertiary/aromatic N) is 1. The van der Waals surface area contributed by atoms with Gasteiger partial charge in [0.05, 0.1) is 5.52 Å². The molecule has 2 nitrogen and oxygen atoms in total. The van der Waals surface area contributed by atoms with Crippen LogP contribution in [0.2, 0.25) is 0 Å². The van der Waals surface area contributed by atoms with Gasteiger partial charge in [-0.15, -0.1) is 0 Å². The van der Waals surface area contributed by atoms with Crippen LogP contribution >= 0.6 is 11.8 Å². The molecule has 0 aliphatic carbocycles. The third-order valence-electron chi connectivity index (χ3n) is 3.37. The van der Waals surface area contributed by atoms with Crippen molar-refractivity contribution < 1.29 is 0 Å². The van der Waals surface area contributed by atoms with Gasteiger partial charge in [0.25, 0.3) is 0 Å². The highest BCUT2D eigenvalue weighted by atomic mass is 32.2. The molecule has 0 amide bonds. The van der Waals surface area contributed by atoms with Crippen molar-refractivity contribution in [3.63, 3.8) is 0 Å². The van der Waals surface area contributed by atoms with E-state index in [2.05, 4.69) is 60.7 Å². The van der Waals surface area contributed by atoms with Crippen LogP contribution in [-0.2, 0) is 6.54 Å². The molecule has 3 heteroatoms. The molecule has 0 saturated heterocycles. The van der Waals surface area contributed by atoms with Crippen molar-refractivity contribution in [2.24, 2.45) is 0 Å². The van der Waals surface area contributed by atoms with Crippen LogP contribution in [0.5, 0.6) is 0 Å². The summed E-state index contributed by atoms with van der Waals surface area (Å²) in [6, 6.07) is 11.2. The number of hydrogen-bond donors (Lipinski definition) is 1. The van der Waals surface area contributed by atoms with Gasteiger partial charge >= 0.3 is 0 Å². The first-order chi connectivity index (χ1) is 9.24. The van der Waals surface area contributed by atoms with Crippen molar-refractivity contribution in [3.8, 4) is 0 Å². The summed E-state index contributed by atoms with van der Waals surface area (Å²) < 4.78 is 0. The molecule has 0 spiro atoms. The van der Waals surface area contributed by atoms with E-state index in [-0.39, 0.29) is 0 Å². The lowest BCUT2D eigenvalue weighted by atomic mass is 10.1. The smallest absolute Gasteiger partial charge is 0.0708 e. The van der Waals surface area contributed by atoms with Gasteiger partial charge in [-0.3, -0.25) is 4.98 Å². The Labute approximate surface area is 120 Å². The van der Waals surface area contributed by atoms with Gasteiger partial charge in [-0.05, 0) is 37.3 Å². The van der Waals surface area contributed by atoms with Crippen LogP contribution in [0.25, 0.3) is 10.9 Å². The molecule has 102 valence electrons. The molecule has 0 radical (unpaired) electrons. The van der Waals surface area contributed by atoms with Crippen LogP contribution < -0.4 is 5.32 Å². The van der Waals surface area contributed by atoms with E-state index in [0.29, 0.717) is 6.04 Å². The zero-order chi connectivity index (χ0) is 13.7. The maximum atomic E-state index is 4.59. The molecule has 1 atom stereocenters. The second kappa shape index (κ2) is 6.92. The van der Waals surface area contributed by atoms with E-state index in [1.807, 2.05) is 11.8 Å². The normalized spacial score (nSPS) is 12.8. The third-order valence-corrected chi connectivity index (χ3v) is 4.11. The van der Waals surface area contributed by atoms with Gasteiger partial charge in [0.2, 0.25) is 0 Å². The molecule has 1 N–H and O–H groups in total. The SMILES string of the molecule is CCC(CSC)NCc1cc(C)nc2ccccc12. The average Bonchev–Trinajstić information content (AvgIpc) is 2.43. The number of rotatable bonds is 6. The van der Waals surface area contributed by atoms with Gasteiger partial charge in [0, 0.05) is 29.4 Å². The Morgan fingerprint density at radius 3 is 2.84 bits per heavy atom. The lowest BCUT2D eigenvalue weighted by Gasteiger charge is -2.17. The van der Waals surface area contributed by atoms with Crippen LogP contribution in [0.1, 0.15) is 24.6 Å². The fraction of sp³-hybridized carbons (Fsp3) is 0.438. The first-order valence-electron chi connectivity index (χ1n) is 6.82. The van der Waals surface area contributed by atoms with Gasteiger partial charge in [-0.2, -0.15) is 11.8 Å². The van der Waals surface area contributed by atoms with Crippen molar-refractivity contribution in [2.75, 3.05) is 12.0 Å². The first-order valence-corrected chi connectivity index (χ1v) is 8.21. The lowest BCUT2D eigenvalue weighted by Crippen LogP contribution is -2.30. The largest absolute Gasteiger partial charge is 0.309 e. The number of aryl methyl sites for hydroxylation is 1. The summed E-state index contributed by atoms with van der Waals surface area (Å²) in [6.07, 6.45) is 3.33. The van der Waals surface area contributed by atoms with Crippen molar-refractivity contribution >= 4 is 22.7 Å². The minimum absolute atomic E-state index is 0.585. The Kier molecular flexibility index (Phi) is 5.23. The van der Waals surface area contributed by atoms with E-state index in [9.17, 15) is 0 Å². The maximum Gasteiger partial charge on any atom is 0.0708 e. The molecule has 0 aliphatic heterocycles. The molecule has 0 fully saturated rings.